The zero-order valence-corrected chi connectivity index (χ0v) is 19.7. The molecule has 33 heavy (non-hydrogen) atoms. The van der Waals surface area contributed by atoms with Gasteiger partial charge in [0.05, 0.1) is 39.6 Å². The van der Waals surface area contributed by atoms with Gasteiger partial charge in [-0.2, -0.15) is 0 Å². The zero-order chi connectivity index (χ0) is 22.9. The zero-order valence-electron chi connectivity index (χ0n) is 18.0. The predicted octanol–water partition coefficient (Wildman–Crippen LogP) is 5.52. The van der Waals surface area contributed by atoms with Crippen molar-refractivity contribution in [2.75, 3.05) is 51.1 Å². The van der Waals surface area contributed by atoms with Crippen LogP contribution in [0.5, 0.6) is 11.5 Å². The first kappa shape index (κ1) is 23.8. The normalized spacial score (nSPS) is 11.6. The van der Waals surface area contributed by atoms with Gasteiger partial charge >= 0.3 is 0 Å². The summed E-state index contributed by atoms with van der Waals surface area (Å²) in [5.74, 6) is 2.02. The molecule has 0 radical (unpaired) electrons. The summed E-state index contributed by atoms with van der Waals surface area (Å²) in [6.45, 7) is 3.33. The lowest BCUT2D eigenvalue weighted by Gasteiger charge is -2.06. The van der Waals surface area contributed by atoms with E-state index in [1.807, 2.05) is 12.1 Å². The Balaban J connectivity index is 0.967. The van der Waals surface area contributed by atoms with Gasteiger partial charge in [-0.05, 0) is 48.5 Å². The number of furan rings is 2. The molecule has 0 aliphatic rings. The molecule has 7 nitrogen and oxygen atoms in total. The molecule has 4 aromatic rings. The van der Waals surface area contributed by atoms with Crippen LogP contribution in [0.2, 0.25) is 0 Å². The molecule has 0 fully saturated rings. The molecule has 0 atom stereocenters. The summed E-state index contributed by atoms with van der Waals surface area (Å²) in [5, 5.41) is 22.4. The molecule has 4 rings (SSSR count). The predicted molar refractivity (Wildman–Crippen MR) is 130 cm³/mol. The minimum Gasteiger partial charge on any atom is -0.508 e. The van der Waals surface area contributed by atoms with Crippen molar-refractivity contribution in [1.82, 2.24) is 0 Å². The number of fused-ring (bicyclic) bond motifs is 2. The molecule has 2 aromatic carbocycles. The van der Waals surface area contributed by atoms with Gasteiger partial charge in [-0.25, -0.2) is 0 Å². The average molecular weight is 491 g/mol. The van der Waals surface area contributed by atoms with Crippen LogP contribution in [0.4, 0.5) is 0 Å². The molecule has 0 spiro atoms. The molecule has 176 valence electrons. The minimum absolute atomic E-state index is 0.234. The van der Waals surface area contributed by atoms with E-state index < -0.39 is 0 Å². The summed E-state index contributed by atoms with van der Waals surface area (Å²) in [6, 6.07) is 14.0. The Morgan fingerprint density at radius 2 is 1.00 bits per heavy atom. The quantitative estimate of drug-likeness (QED) is 0.175. The summed E-state index contributed by atoms with van der Waals surface area (Å²) in [6.07, 6.45) is 0. The molecule has 0 amide bonds. The standard InChI is InChI=1S/C24H26O7S2/c25-19-1-3-21-17(13-19)15-23(30-21)32-11-9-28-7-5-27-6-8-29-10-12-33-24-16-18-14-20(26)2-4-22(18)31-24/h1-4,13-16,25-26H,5-12H2. The Kier molecular flexibility index (Phi) is 8.85. The fourth-order valence-corrected chi connectivity index (χ4v) is 4.62. The van der Waals surface area contributed by atoms with Gasteiger partial charge in [-0.15, -0.1) is 0 Å². The highest BCUT2D eigenvalue weighted by molar-refractivity contribution is 7.99. The second kappa shape index (κ2) is 12.2. The first-order chi connectivity index (χ1) is 16.2. The molecule has 0 aliphatic carbocycles. The van der Waals surface area contributed by atoms with Crippen molar-refractivity contribution in [1.29, 1.82) is 0 Å². The van der Waals surface area contributed by atoms with Crippen LogP contribution >= 0.6 is 23.5 Å². The number of aromatic hydroxyl groups is 2. The van der Waals surface area contributed by atoms with E-state index in [1.54, 1.807) is 59.9 Å². The Bertz CT molecular complexity index is 1060. The summed E-state index contributed by atoms with van der Waals surface area (Å²) in [7, 11) is 0. The van der Waals surface area contributed by atoms with Crippen molar-refractivity contribution < 1.29 is 33.3 Å². The fraction of sp³-hybridized carbons (Fsp3) is 0.333. The Hall–Kier alpha value is -2.30. The van der Waals surface area contributed by atoms with Crippen LogP contribution in [-0.2, 0) is 14.2 Å². The van der Waals surface area contributed by atoms with Crippen LogP contribution in [-0.4, -0.2) is 61.4 Å². The topological polar surface area (TPSA) is 94.4 Å². The van der Waals surface area contributed by atoms with Crippen LogP contribution in [0.25, 0.3) is 21.9 Å². The van der Waals surface area contributed by atoms with E-state index in [2.05, 4.69) is 0 Å². The first-order valence-electron chi connectivity index (χ1n) is 10.6. The number of thioether (sulfide) groups is 2. The maximum atomic E-state index is 9.50. The number of phenolic OH excluding ortho intramolecular Hbond substituents is 2. The van der Waals surface area contributed by atoms with Crippen molar-refractivity contribution in [3.05, 3.63) is 48.5 Å². The average Bonchev–Trinajstić information content (AvgIpc) is 3.39. The number of ether oxygens (including phenoxy) is 3. The lowest BCUT2D eigenvalue weighted by molar-refractivity contribution is 0.0205. The van der Waals surface area contributed by atoms with E-state index in [-0.39, 0.29) is 11.5 Å². The van der Waals surface area contributed by atoms with E-state index >= 15 is 0 Å². The fourth-order valence-electron chi connectivity index (χ4n) is 3.10. The van der Waals surface area contributed by atoms with Gasteiger partial charge in [0, 0.05) is 22.3 Å². The van der Waals surface area contributed by atoms with E-state index in [1.165, 1.54) is 0 Å². The highest BCUT2D eigenvalue weighted by atomic mass is 32.2. The van der Waals surface area contributed by atoms with E-state index in [0.29, 0.717) is 39.6 Å². The molecule has 2 N–H and O–H groups in total. The minimum atomic E-state index is 0.234. The van der Waals surface area contributed by atoms with Crippen molar-refractivity contribution in [2.24, 2.45) is 0 Å². The molecule has 0 saturated heterocycles. The number of hydrogen-bond donors (Lipinski definition) is 2. The molecule has 0 unspecified atom stereocenters. The maximum absolute atomic E-state index is 9.50. The largest absolute Gasteiger partial charge is 0.508 e. The maximum Gasteiger partial charge on any atom is 0.161 e. The van der Waals surface area contributed by atoms with Gasteiger partial charge in [-0.1, -0.05) is 23.5 Å². The second-order valence-electron chi connectivity index (χ2n) is 7.11. The van der Waals surface area contributed by atoms with E-state index in [0.717, 1.165) is 43.6 Å². The number of benzene rings is 2. The Morgan fingerprint density at radius 3 is 1.45 bits per heavy atom. The van der Waals surface area contributed by atoms with Crippen LogP contribution in [0.3, 0.4) is 0 Å². The highest BCUT2D eigenvalue weighted by Crippen LogP contribution is 2.30. The third kappa shape index (κ3) is 7.35. The second-order valence-corrected chi connectivity index (χ2v) is 9.31. The van der Waals surface area contributed by atoms with Gasteiger partial charge in [0.25, 0.3) is 0 Å². The molecular weight excluding hydrogens is 464 g/mol. The van der Waals surface area contributed by atoms with E-state index in [4.69, 9.17) is 23.0 Å². The smallest absolute Gasteiger partial charge is 0.161 e. The SMILES string of the molecule is Oc1ccc2oc(SCCOCCOCCOCCSc3cc4cc(O)ccc4o3)cc2c1. The first-order valence-corrected chi connectivity index (χ1v) is 12.6. The Morgan fingerprint density at radius 1 is 0.576 bits per heavy atom. The van der Waals surface area contributed by atoms with Gasteiger partial charge in [-0.3, -0.25) is 0 Å². The van der Waals surface area contributed by atoms with Crippen molar-refractivity contribution in [3.63, 3.8) is 0 Å². The molecule has 0 saturated carbocycles. The molecule has 2 heterocycles. The van der Waals surface area contributed by atoms with Gasteiger partial charge in [0.2, 0.25) is 0 Å². The third-order valence-corrected chi connectivity index (χ3v) is 6.36. The molecular formula is C24H26O7S2. The van der Waals surface area contributed by atoms with Crippen molar-refractivity contribution in [2.45, 2.75) is 10.2 Å². The molecule has 2 aromatic heterocycles. The van der Waals surface area contributed by atoms with Gasteiger partial charge < -0.3 is 33.3 Å². The molecule has 9 heteroatoms. The molecule has 0 bridgehead atoms. The summed E-state index contributed by atoms with van der Waals surface area (Å²) >= 11 is 3.16. The monoisotopic (exact) mass is 490 g/mol. The third-order valence-electron chi connectivity index (χ3n) is 4.64. The van der Waals surface area contributed by atoms with Crippen LogP contribution in [0, 0.1) is 0 Å². The number of phenols is 2. The van der Waals surface area contributed by atoms with Crippen molar-refractivity contribution in [3.8, 4) is 11.5 Å². The summed E-state index contributed by atoms with van der Waals surface area (Å²) < 4.78 is 28.1. The summed E-state index contributed by atoms with van der Waals surface area (Å²) in [4.78, 5) is 0. The Labute approximate surface area is 200 Å². The van der Waals surface area contributed by atoms with Gasteiger partial charge in [0.15, 0.2) is 10.2 Å². The molecule has 0 aliphatic heterocycles. The van der Waals surface area contributed by atoms with Gasteiger partial charge in [0.1, 0.15) is 22.7 Å². The van der Waals surface area contributed by atoms with E-state index in [9.17, 15) is 10.2 Å². The summed E-state index contributed by atoms with van der Waals surface area (Å²) in [5.41, 5.74) is 1.53. The van der Waals surface area contributed by atoms with Crippen LogP contribution in [0.1, 0.15) is 0 Å². The highest BCUT2D eigenvalue weighted by Gasteiger charge is 2.06. The lowest BCUT2D eigenvalue weighted by Crippen LogP contribution is -2.11. The number of hydrogen-bond acceptors (Lipinski definition) is 9. The lowest BCUT2D eigenvalue weighted by atomic mass is 10.2. The van der Waals surface area contributed by atoms with Crippen molar-refractivity contribution >= 4 is 45.5 Å². The van der Waals surface area contributed by atoms with Crippen LogP contribution < -0.4 is 0 Å². The number of rotatable bonds is 14. The van der Waals surface area contributed by atoms with Crippen LogP contribution in [0.15, 0.2) is 67.5 Å².